The Balaban J connectivity index is 2.22. The van der Waals surface area contributed by atoms with E-state index in [1.54, 1.807) is 0 Å². The molecule has 1 rings (SSSR count). The molecule has 1 saturated carbocycles. The van der Waals surface area contributed by atoms with E-state index in [0.29, 0.717) is 12.2 Å². The molecule has 0 heterocycles. The number of hydrogen-bond donors (Lipinski definition) is 1. The van der Waals surface area contributed by atoms with Crippen LogP contribution in [0, 0.1) is 5.92 Å². The molecule has 78 valence electrons. The van der Waals surface area contributed by atoms with Crippen LogP contribution in [0.1, 0.15) is 46.0 Å². The van der Waals surface area contributed by atoms with Gasteiger partial charge in [-0.2, -0.15) is 0 Å². The van der Waals surface area contributed by atoms with Crippen molar-refractivity contribution in [2.24, 2.45) is 11.7 Å². The van der Waals surface area contributed by atoms with Crippen LogP contribution in [0.25, 0.3) is 0 Å². The Morgan fingerprint density at radius 2 is 2.00 bits per heavy atom. The lowest BCUT2D eigenvalue weighted by molar-refractivity contribution is -0.0131. The second-order valence-electron chi connectivity index (χ2n) is 4.11. The predicted molar refractivity (Wildman–Crippen MR) is 55.6 cm³/mol. The SMILES string of the molecule is CCC(CC)OC1CCC(CN)C1. The molecule has 2 unspecified atom stereocenters. The van der Waals surface area contributed by atoms with Gasteiger partial charge >= 0.3 is 0 Å². The van der Waals surface area contributed by atoms with E-state index < -0.39 is 0 Å². The minimum absolute atomic E-state index is 0.474. The third kappa shape index (κ3) is 3.28. The molecular weight excluding hydrogens is 162 g/mol. The summed E-state index contributed by atoms with van der Waals surface area (Å²) in [6.45, 7) is 5.23. The number of nitrogens with two attached hydrogens (primary N) is 1. The summed E-state index contributed by atoms with van der Waals surface area (Å²) in [6, 6.07) is 0. The molecule has 2 atom stereocenters. The van der Waals surface area contributed by atoms with Gasteiger partial charge in [-0.1, -0.05) is 13.8 Å². The van der Waals surface area contributed by atoms with E-state index in [-0.39, 0.29) is 0 Å². The van der Waals surface area contributed by atoms with Gasteiger partial charge in [0.05, 0.1) is 12.2 Å². The summed E-state index contributed by atoms with van der Waals surface area (Å²) in [5.41, 5.74) is 5.64. The van der Waals surface area contributed by atoms with Crippen LogP contribution in [0.5, 0.6) is 0 Å². The molecule has 1 fully saturated rings. The standard InChI is InChI=1S/C11H23NO/c1-3-10(4-2)13-11-6-5-9(7-11)8-12/h9-11H,3-8,12H2,1-2H3. The van der Waals surface area contributed by atoms with Crippen molar-refractivity contribution in [1.82, 2.24) is 0 Å². The van der Waals surface area contributed by atoms with Crippen molar-refractivity contribution in [2.75, 3.05) is 6.54 Å². The summed E-state index contributed by atoms with van der Waals surface area (Å²) in [5, 5.41) is 0. The van der Waals surface area contributed by atoms with Crippen LogP contribution in [-0.2, 0) is 4.74 Å². The average molecular weight is 185 g/mol. The summed E-state index contributed by atoms with van der Waals surface area (Å²) in [6.07, 6.45) is 6.92. The Kier molecular flexibility index (Phi) is 4.74. The van der Waals surface area contributed by atoms with Crippen molar-refractivity contribution < 1.29 is 4.74 Å². The Bertz CT molecular complexity index is 134. The van der Waals surface area contributed by atoms with E-state index in [4.69, 9.17) is 10.5 Å². The first-order chi connectivity index (χ1) is 6.30. The second kappa shape index (κ2) is 5.61. The van der Waals surface area contributed by atoms with Gasteiger partial charge in [0.15, 0.2) is 0 Å². The molecular formula is C11H23NO. The maximum Gasteiger partial charge on any atom is 0.0582 e. The molecule has 0 aromatic heterocycles. The van der Waals surface area contributed by atoms with E-state index in [2.05, 4.69) is 13.8 Å². The predicted octanol–water partition coefficient (Wildman–Crippen LogP) is 2.32. The van der Waals surface area contributed by atoms with E-state index in [1.165, 1.54) is 19.3 Å². The van der Waals surface area contributed by atoms with Crippen molar-refractivity contribution in [3.8, 4) is 0 Å². The highest BCUT2D eigenvalue weighted by Gasteiger charge is 2.25. The lowest BCUT2D eigenvalue weighted by Gasteiger charge is -2.19. The summed E-state index contributed by atoms with van der Waals surface area (Å²) in [5.74, 6) is 0.722. The van der Waals surface area contributed by atoms with Crippen molar-refractivity contribution in [3.63, 3.8) is 0 Å². The monoisotopic (exact) mass is 185 g/mol. The molecule has 2 nitrogen and oxygen atoms in total. The van der Waals surface area contributed by atoms with Crippen molar-refractivity contribution in [2.45, 2.75) is 58.2 Å². The number of rotatable bonds is 5. The largest absolute Gasteiger partial charge is 0.375 e. The van der Waals surface area contributed by atoms with E-state index >= 15 is 0 Å². The van der Waals surface area contributed by atoms with Gasteiger partial charge in [0.2, 0.25) is 0 Å². The van der Waals surface area contributed by atoms with E-state index in [9.17, 15) is 0 Å². The lowest BCUT2D eigenvalue weighted by atomic mass is 10.1. The molecule has 13 heavy (non-hydrogen) atoms. The van der Waals surface area contributed by atoms with Crippen molar-refractivity contribution >= 4 is 0 Å². The fourth-order valence-corrected chi connectivity index (χ4v) is 2.12. The van der Waals surface area contributed by atoms with Crippen LogP contribution >= 0.6 is 0 Å². The van der Waals surface area contributed by atoms with Gasteiger partial charge in [-0.25, -0.2) is 0 Å². The number of hydrogen-bond acceptors (Lipinski definition) is 2. The van der Waals surface area contributed by atoms with Crippen LogP contribution in [0.4, 0.5) is 0 Å². The maximum atomic E-state index is 5.99. The third-order valence-electron chi connectivity index (χ3n) is 3.12. The maximum absolute atomic E-state index is 5.99. The molecule has 0 aliphatic heterocycles. The van der Waals surface area contributed by atoms with E-state index in [1.807, 2.05) is 0 Å². The fourth-order valence-electron chi connectivity index (χ4n) is 2.12. The van der Waals surface area contributed by atoms with Gasteiger partial charge in [-0.15, -0.1) is 0 Å². The zero-order valence-corrected chi connectivity index (χ0v) is 8.96. The third-order valence-corrected chi connectivity index (χ3v) is 3.12. The summed E-state index contributed by atoms with van der Waals surface area (Å²) in [4.78, 5) is 0. The molecule has 0 spiro atoms. The molecule has 0 aromatic carbocycles. The zero-order chi connectivity index (χ0) is 9.68. The van der Waals surface area contributed by atoms with Crippen LogP contribution in [-0.4, -0.2) is 18.8 Å². The van der Waals surface area contributed by atoms with Gasteiger partial charge in [0, 0.05) is 0 Å². The lowest BCUT2D eigenvalue weighted by Crippen LogP contribution is -2.20. The fraction of sp³-hybridized carbons (Fsp3) is 1.00. The van der Waals surface area contributed by atoms with Gasteiger partial charge in [0.1, 0.15) is 0 Å². The molecule has 2 heteroatoms. The summed E-state index contributed by atoms with van der Waals surface area (Å²) in [7, 11) is 0. The van der Waals surface area contributed by atoms with Crippen molar-refractivity contribution in [3.05, 3.63) is 0 Å². The molecule has 0 amide bonds. The zero-order valence-electron chi connectivity index (χ0n) is 8.96. The Hall–Kier alpha value is -0.0800. The first-order valence-corrected chi connectivity index (χ1v) is 5.65. The molecule has 1 aliphatic rings. The van der Waals surface area contributed by atoms with Crippen LogP contribution in [0.15, 0.2) is 0 Å². The molecule has 0 bridgehead atoms. The minimum atomic E-state index is 0.474. The summed E-state index contributed by atoms with van der Waals surface area (Å²) >= 11 is 0. The highest BCUT2D eigenvalue weighted by Crippen LogP contribution is 2.28. The Labute approximate surface area is 81.8 Å². The van der Waals surface area contributed by atoms with Crippen LogP contribution in [0.2, 0.25) is 0 Å². The second-order valence-corrected chi connectivity index (χ2v) is 4.11. The average Bonchev–Trinajstić information content (AvgIpc) is 2.61. The molecule has 0 saturated heterocycles. The highest BCUT2D eigenvalue weighted by molar-refractivity contribution is 4.77. The quantitative estimate of drug-likeness (QED) is 0.713. The van der Waals surface area contributed by atoms with Gasteiger partial charge in [-0.05, 0) is 44.6 Å². The Morgan fingerprint density at radius 3 is 2.46 bits per heavy atom. The minimum Gasteiger partial charge on any atom is -0.375 e. The molecule has 0 radical (unpaired) electrons. The normalized spacial score (nSPS) is 28.6. The smallest absolute Gasteiger partial charge is 0.0582 e. The topological polar surface area (TPSA) is 35.2 Å². The van der Waals surface area contributed by atoms with Gasteiger partial charge < -0.3 is 10.5 Å². The molecule has 2 N–H and O–H groups in total. The number of ether oxygens (including phenoxy) is 1. The van der Waals surface area contributed by atoms with Gasteiger partial charge in [-0.3, -0.25) is 0 Å². The Morgan fingerprint density at radius 1 is 1.31 bits per heavy atom. The highest BCUT2D eigenvalue weighted by atomic mass is 16.5. The van der Waals surface area contributed by atoms with Crippen LogP contribution in [0.3, 0.4) is 0 Å². The summed E-state index contributed by atoms with van der Waals surface area (Å²) < 4.78 is 5.99. The first kappa shape index (κ1) is 11.0. The van der Waals surface area contributed by atoms with Crippen molar-refractivity contribution in [1.29, 1.82) is 0 Å². The van der Waals surface area contributed by atoms with Gasteiger partial charge in [0.25, 0.3) is 0 Å². The first-order valence-electron chi connectivity index (χ1n) is 5.65. The van der Waals surface area contributed by atoms with Crippen LogP contribution < -0.4 is 5.73 Å². The molecule has 1 aliphatic carbocycles. The van der Waals surface area contributed by atoms with E-state index in [0.717, 1.165) is 25.3 Å². The molecule has 0 aromatic rings.